The van der Waals surface area contributed by atoms with Gasteiger partial charge < -0.3 is 14.8 Å². The van der Waals surface area contributed by atoms with Crippen molar-refractivity contribution < 1.29 is 14.3 Å². The number of nitrogens with one attached hydrogen (secondary N) is 1. The van der Waals surface area contributed by atoms with Crippen LogP contribution < -0.4 is 14.8 Å². The van der Waals surface area contributed by atoms with Gasteiger partial charge in [-0.2, -0.15) is 0 Å². The molecule has 8 heteroatoms. The summed E-state index contributed by atoms with van der Waals surface area (Å²) in [4.78, 5) is 17.1. The van der Waals surface area contributed by atoms with Crippen LogP contribution in [0.25, 0.3) is 17.1 Å². The van der Waals surface area contributed by atoms with Crippen molar-refractivity contribution in [2.24, 2.45) is 0 Å². The van der Waals surface area contributed by atoms with E-state index < -0.39 is 0 Å². The molecule has 1 aliphatic heterocycles. The summed E-state index contributed by atoms with van der Waals surface area (Å²) in [6.07, 6.45) is 0.333. The van der Waals surface area contributed by atoms with Crippen LogP contribution in [0.5, 0.6) is 11.5 Å². The predicted octanol–water partition coefficient (Wildman–Crippen LogP) is 4.78. The Morgan fingerprint density at radius 3 is 2.53 bits per heavy atom. The highest BCUT2D eigenvalue weighted by Gasteiger charge is 2.16. The van der Waals surface area contributed by atoms with Gasteiger partial charge in [0, 0.05) is 29.5 Å². The number of aromatic nitrogens is 3. The van der Waals surface area contributed by atoms with Crippen molar-refractivity contribution in [2.75, 3.05) is 17.9 Å². The number of ether oxygens (including phenoxy) is 2. The average molecular weight is 445 g/mol. The van der Waals surface area contributed by atoms with Crippen LogP contribution in [0.2, 0.25) is 0 Å². The summed E-state index contributed by atoms with van der Waals surface area (Å²) in [5.74, 6) is 2.57. The van der Waals surface area contributed by atoms with E-state index in [0.717, 1.165) is 17.1 Å². The minimum absolute atomic E-state index is 0.0814. The molecule has 0 bridgehead atoms. The van der Waals surface area contributed by atoms with Crippen LogP contribution in [-0.4, -0.2) is 33.2 Å². The zero-order chi connectivity index (χ0) is 21.8. The number of hydrogen-bond donors (Lipinski definition) is 1. The van der Waals surface area contributed by atoms with E-state index in [2.05, 4.69) is 10.4 Å². The third-order valence-corrected chi connectivity index (χ3v) is 5.68. The van der Waals surface area contributed by atoms with Gasteiger partial charge >= 0.3 is 0 Å². The number of benzene rings is 3. The molecule has 0 fully saturated rings. The van der Waals surface area contributed by atoms with Gasteiger partial charge in [0.25, 0.3) is 0 Å². The number of amides is 1. The van der Waals surface area contributed by atoms with Crippen molar-refractivity contribution in [3.8, 4) is 28.6 Å². The molecule has 1 amide bonds. The molecule has 3 aromatic carbocycles. The largest absolute Gasteiger partial charge is 0.454 e. The molecule has 4 aromatic rings. The van der Waals surface area contributed by atoms with Crippen LogP contribution in [0.1, 0.15) is 6.42 Å². The van der Waals surface area contributed by atoms with E-state index in [1.54, 1.807) is 18.2 Å². The summed E-state index contributed by atoms with van der Waals surface area (Å²) in [5, 5.41) is 8.20. The molecule has 0 atom stereocenters. The predicted molar refractivity (Wildman–Crippen MR) is 123 cm³/mol. The van der Waals surface area contributed by atoms with Crippen LogP contribution in [0.4, 0.5) is 5.69 Å². The molecule has 1 aliphatic rings. The molecule has 7 nitrogen and oxygen atoms in total. The number of para-hydroxylation sites is 1. The van der Waals surface area contributed by atoms with Crippen molar-refractivity contribution in [1.29, 1.82) is 0 Å². The Kier molecular flexibility index (Phi) is 5.76. The van der Waals surface area contributed by atoms with E-state index in [-0.39, 0.29) is 12.7 Å². The Hall–Kier alpha value is -3.78. The fourth-order valence-electron chi connectivity index (χ4n) is 3.31. The van der Waals surface area contributed by atoms with E-state index in [1.165, 1.54) is 11.8 Å². The smallest absolute Gasteiger partial charge is 0.231 e. The number of fused-ring (bicyclic) bond motifs is 1. The average Bonchev–Trinajstić information content (AvgIpc) is 3.47. The number of thioether (sulfide) groups is 1. The Morgan fingerprint density at radius 2 is 1.72 bits per heavy atom. The highest BCUT2D eigenvalue weighted by molar-refractivity contribution is 7.99. The Balaban J connectivity index is 1.25. The number of anilines is 1. The van der Waals surface area contributed by atoms with Crippen molar-refractivity contribution in [3.63, 3.8) is 0 Å². The number of hydrogen-bond acceptors (Lipinski definition) is 6. The SMILES string of the molecule is O=C(CCSc1nc(-c2ccccc2)n(-c2ccccc2)n1)Nc1ccc2c(c1)OCO2. The summed E-state index contributed by atoms with van der Waals surface area (Å²) in [5.41, 5.74) is 2.60. The summed E-state index contributed by atoms with van der Waals surface area (Å²) >= 11 is 1.46. The Bertz CT molecular complexity index is 1170. The maximum absolute atomic E-state index is 12.4. The lowest BCUT2D eigenvalue weighted by Crippen LogP contribution is -2.12. The first-order valence-corrected chi connectivity index (χ1v) is 11.1. The Morgan fingerprint density at radius 1 is 0.969 bits per heavy atom. The number of carbonyl (C=O) groups is 1. The highest BCUT2D eigenvalue weighted by atomic mass is 32.2. The minimum Gasteiger partial charge on any atom is -0.454 e. The first kappa shape index (κ1) is 20.1. The third-order valence-electron chi connectivity index (χ3n) is 4.84. The van der Waals surface area contributed by atoms with Gasteiger partial charge in [0.1, 0.15) is 0 Å². The maximum Gasteiger partial charge on any atom is 0.231 e. The fraction of sp³-hybridized carbons (Fsp3) is 0.125. The van der Waals surface area contributed by atoms with E-state index in [9.17, 15) is 4.79 Å². The summed E-state index contributed by atoms with van der Waals surface area (Å²) in [7, 11) is 0. The van der Waals surface area contributed by atoms with Gasteiger partial charge in [-0.1, -0.05) is 60.3 Å². The molecule has 1 N–H and O–H groups in total. The van der Waals surface area contributed by atoms with Crippen molar-refractivity contribution in [2.45, 2.75) is 11.6 Å². The molecule has 0 radical (unpaired) electrons. The number of carbonyl (C=O) groups excluding carboxylic acids is 1. The van der Waals surface area contributed by atoms with Crippen molar-refractivity contribution >= 4 is 23.4 Å². The topological polar surface area (TPSA) is 78.3 Å². The van der Waals surface area contributed by atoms with Gasteiger partial charge in [-0.15, -0.1) is 5.10 Å². The van der Waals surface area contributed by atoms with E-state index in [0.29, 0.717) is 34.5 Å². The molecule has 0 saturated carbocycles. The second-order valence-electron chi connectivity index (χ2n) is 7.05. The number of nitrogens with zero attached hydrogens (tertiary/aromatic N) is 3. The Labute approximate surface area is 189 Å². The molecule has 1 aromatic heterocycles. The molecule has 0 saturated heterocycles. The minimum atomic E-state index is -0.0814. The summed E-state index contributed by atoms with van der Waals surface area (Å²) < 4.78 is 12.5. The molecule has 32 heavy (non-hydrogen) atoms. The summed E-state index contributed by atoms with van der Waals surface area (Å²) in [6.45, 7) is 0.205. The fourth-order valence-corrected chi connectivity index (χ4v) is 4.07. The molecular weight excluding hydrogens is 424 g/mol. The number of rotatable bonds is 7. The first-order valence-electron chi connectivity index (χ1n) is 10.2. The van der Waals surface area contributed by atoms with E-state index >= 15 is 0 Å². The third kappa shape index (κ3) is 4.45. The maximum atomic E-state index is 12.4. The van der Waals surface area contributed by atoms with Crippen LogP contribution in [0.3, 0.4) is 0 Å². The van der Waals surface area contributed by atoms with Crippen molar-refractivity contribution in [1.82, 2.24) is 14.8 Å². The van der Waals surface area contributed by atoms with Gasteiger partial charge in [0.15, 0.2) is 17.3 Å². The lowest BCUT2D eigenvalue weighted by molar-refractivity contribution is -0.115. The molecule has 2 heterocycles. The molecule has 0 spiro atoms. The summed E-state index contributed by atoms with van der Waals surface area (Å²) in [6, 6.07) is 25.2. The lowest BCUT2D eigenvalue weighted by atomic mass is 10.2. The van der Waals surface area contributed by atoms with E-state index in [4.69, 9.17) is 14.5 Å². The van der Waals surface area contributed by atoms with Gasteiger partial charge in [-0.05, 0) is 24.3 Å². The normalized spacial score (nSPS) is 12.0. The van der Waals surface area contributed by atoms with Crippen LogP contribution in [0, 0.1) is 0 Å². The molecule has 0 aliphatic carbocycles. The second kappa shape index (κ2) is 9.15. The van der Waals surface area contributed by atoms with Crippen LogP contribution in [-0.2, 0) is 4.79 Å². The second-order valence-corrected chi connectivity index (χ2v) is 8.11. The van der Waals surface area contributed by atoms with Gasteiger partial charge in [0.2, 0.25) is 17.9 Å². The van der Waals surface area contributed by atoms with Gasteiger partial charge in [-0.25, -0.2) is 9.67 Å². The van der Waals surface area contributed by atoms with Crippen LogP contribution in [0.15, 0.2) is 84.0 Å². The van der Waals surface area contributed by atoms with Crippen LogP contribution >= 0.6 is 11.8 Å². The standard InChI is InChI=1S/C24H20N4O3S/c29-22(25-18-11-12-20-21(15-18)31-16-30-20)13-14-32-24-26-23(17-7-3-1-4-8-17)28(27-24)19-9-5-2-6-10-19/h1-12,15H,13-14,16H2,(H,25,29). The van der Waals surface area contributed by atoms with Crippen molar-refractivity contribution in [3.05, 3.63) is 78.9 Å². The molecular formula is C24H20N4O3S. The highest BCUT2D eigenvalue weighted by Crippen LogP contribution is 2.34. The zero-order valence-electron chi connectivity index (χ0n) is 17.1. The van der Waals surface area contributed by atoms with Gasteiger partial charge in [0.05, 0.1) is 5.69 Å². The zero-order valence-corrected chi connectivity index (χ0v) is 17.9. The van der Waals surface area contributed by atoms with Gasteiger partial charge in [-0.3, -0.25) is 4.79 Å². The molecule has 160 valence electrons. The first-order chi connectivity index (χ1) is 15.8. The monoisotopic (exact) mass is 444 g/mol. The lowest BCUT2D eigenvalue weighted by Gasteiger charge is -2.05. The quantitative estimate of drug-likeness (QED) is 0.413. The molecule has 0 unspecified atom stereocenters. The molecule has 5 rings (SSSR count). The van der Waals surface area contributed by atoms with E-state index in [1.807, 2.05) is 65.3 Å².